The van der Waals surface area contributed by atoms with Crippen molar-refractivity contribution in [3.05, 3.63) is 71.2 Å². The number of benzene rings is 2. The number of halogens is 3. The van der Waals surface area contributed by atoms with Gasteiger partial charge >= 0.3 is 6.18 Å². The van der Waals surface area contributed by atoms with Crippen molar-refractivity contribution in [2.24, 2.45) is 0 Å². The summed E-state index contributed by atoms with van der Waals surface area (Å²) in [5.74, 6) is 0.904. The summed E-state index contributed by atoms with van der Waals surface area (Å²) < 4.78 is 40.4. The average molecular weight is 404 g/mol. The number of anilines is 2. The molecular formula is C19H15F3N4OS. The number of aryl methyl sites for hydroxylation is 1. The molecule has 4 rings (SSSR count). The highest BCUT2D eigenvalue weighted by Crippen LogP contribution is 2.32. The Morgan fingerprint density at radius 1 is 1.14 bits per heavy atom. The fourth-order valence-electron chi connectivity index (χ4n) is 2.84. The predicted molar refractivity (Wildman–Crippen MR) is 101 cm³/mol. The van der Waals surface area contributed by atoms with Crippen LogP contribution in [0.3, 0.4) is 0 Å². The molecule has 0 fully saturated rings. The monoisotopic (exact) mass is 404 g/mol. The van der Waals surface area contributed by atoms with Crippen molar-refractivity contribution in [3.8, 4) is 5.75 Å². The highest BCUT2D eigenvalue weighted by Gasteiger charge is 2.30. The zero-order valence-electron chi connectivity index (χ0n) is 14.7. The molecule has 5 nitrogen and oxygen atoms in total. The fraction of sp³-hybridized carbons (Fsp3) is 0.158. The molecule has 0 saturated heterocycles. The Balaban J connectivity index is 1.62. The SMILES string of the molecule is Cc1nc(Cc2ccc(O)cc2)n2nc(Nc3cccc(C(F)(F)F)c3)sc12. The van der Waals surface area contributed by atoms with Crippen molar-refractivity contribution in [1.82, 2.24) is 14.6 Å². The van der Waals surface area contributed by atoms with Gasteiger partial charge in [-0.3, -0.25) is 0 Å². The molecule has 2 aromatic heterocycles. The molecule has 0 bridgehead atoms. The second-order valence-corrected chi connectivity index (χ2v) is 7.26. The molecule has 0 aliphatic heterocycles. The molecular weight excluding hydrogens is 389 g/mol. The van der Waals surface area contributed by atoms with Gasteiger partial charge in [0.15, 0.2) is 0 Å². The van der Waals surface area contributed by atoms with Crippen molar-refractivity contribution in [2.75, 3.05) is 5.32 Å². The van der Waals surface area contributed by atoms with E-state index in [0.29, 0.717) is 23.1 Å². The zero-order valence-corrected chi connectivity index (χ0v) is 15.5. The fourth-order valence-corrected chi connectivity index (χ4v) is 3.74. The van der Waals surface area contributed by atoms with E-state index in [2.05, 4.69) is 15.4 Å². The van der Waals surface area contributed by atoms with Crippen LogP contribution in [0.4, 0.5) is 24.0 Å². The predicted octanol–water partition coefficient (Wildman–Crippen LogP) is 5.16. The number of imidazole rings is 1. The molecule has 28 heavy (non-hydrogen) atoms. The van der Waals surface area contributed by atoms with Gasteiger partial charge in [-0.2, -0.15) is 13.2 Å². The van der Waals surface area contributed by atoms with Gasteiger partial charge in [0.25, 0.3) is 0 Å². The molecule has 0 amide bonds. The number of hydrogen-bond acceptors (Lipinski definition) is 5. The van der Waals surface area contributed by atoms with Gasteiger partial charge in [0, 0.05) is 12.1 Å². The van der Waals surface area contributed by atoms with E-state index in [-0.39, 0.29) is 5.75 Å². The van der Waals surface area contributed by atoms with E-state index in [1.807, 2.05) is 6.92 Å². The van der Waals surface area contributed by atoms with Gasteiger partial charge in [0.2, 0.25) is 5.13 Å². The Labute approximate surface area is 162 Å². The molecule has 2 N–H and O–H groups in total. The van der Waals surface area contributed by atoms with Gasteiger partial charge in [-0.05, 0) is 42.8 Å². The third-order valence-electron chi connectivity index (χ3n) is 4.17. The van der Waals surface area contributed by atoms with E-state index in [1.165, 1.54) is 17.4 Å². The number of phenols is 1. The smallest absolute Gasteiger partial charge is 0.416 e. The third-order valence-corrected chi connectivity index (χ3v) is 5.21. The Kier molecular flexibility index (Phi) is 4.46. The van der Waals surface area contributed by atoms with Crippen LogP contribution in [-0.4, -0.2) is 19.7 Å². The maximum atomic E-state index is 12.9. The van der Waals surface area contributed by atoms with Gasteiger partial charge < -0.3 is 10.4 Å². The van der Waals surface area contributed by atoms with Crippen LogP contribution < -0.4 is 5.32 Å². The molecule has 0 saturated carbocycles. The first-order valence-electron chi connectivity index (χ1n) is 8.37. The Morgan fingerprint density at radius 2 is 1.89 bits per heavy atom. The number of aromatic hydroxyl groups is 1. The molecule has 0 aliphatic carbocycles. The summed E-state index contributed by atoms with van der Waals surface area (Å²) in [7, 11) is 0. The van der Waals surface area contributed by atoms with Crippen LogP contribution in [0.2, 0.25) is 0 Å². The number of rotatable bonds is 4. The lowest BCUT2D eigenvalue weighted by molar-refractivity contribution is -0.137. The molecule has 2 aromatic carbocycles. The average Bonchev–Trinajstić information content (AvgIpc) is 3.17. The van der Waals surface area contributed by atoms with Crippen LogP contribution in [0.1, 0.15) is 22.6 Å². The summed E-state index contributed by atoms with van der Waals surface area (Å²) in [6.07, 6.45) is -3.88. The third kappa shape index (κ3) is 3.65. The second-order valence-electron chi connectivity index (χ2n) is 6.28. The Bertz CT molecular complexity index is 1130. The van der Waals surface area contributed by atoms with E-state index in [0.717, 1.165) is 28.2 Å². The maximum Gasteiger partial charge on any atom is 0.416 e. The van der Waals surface area contributed by atoms with Crippen molar-refractivity contribution in [3.63, 3.8) is 0 Å². The molecule has 0 aliphatic rings. The zero-order chi connectivity index (χ0) is 19.9. The van der Waals surface area contributed by atoms with Gasteiger partial charge in [-0.15, -0.1) is 5.10 Å². The number of nitrogens with zero attached hydrogens (tertiary/aromatic N) is 3. The first kappa shape index (κ1) is 18.3. The molecule has 9 heteroatoms. The summed E-state index contributed by atoms with van der Waals surface area (Å²) in [5.41, 5.74) is 1.36. The quantitative estimate of drug-likeness (QED) is 0.493. The van der Waals surface area contributed by atoms with Crippen LogP contribution in [0.25, 0.3) is 4.83 Å². The number of alkyl halides is 3. The van der Waals surface area contributed by atoms with Gasteiger partial charge in [-0.1, -0.05) is 29.5 Å². The van der Waals surface area contributed by atoms with Crippen molar-refractivity contribution in [2.45, 2.75) is 19.5 Å². The first-order chi connectivity index (χ1) is 13.3. The molecule has 0 radical (unpaired) electrons. The van der Waals surface area contributed by atoms with Crippen LogP contribution in [0.15, 0.2) is 48.5 Å². The number of nitrogens with one attached hydrogen (secondary N) is 1. The molecule has 0 unspecified atom stereocenters. The lowest BCUT2D eigenvalue weighted by Gasteiger charge is -2.08. The normalized spacial score (nSPS) is 11.9. The number of fused-ring (bicyclic) bond motifs is 1. The summed E-state index contributed by atoms with van der Waals surface area (Å²) in [6.45, 7) is 1.86. The van der Waals surface area contributed by atoms with Gasteiger partial charge in [-0.25, -0.2) is 9.50 Å². The lowest BCUT2D eigenvalue weighted by Crippen LogP contribution is -2.05. The number of aromatic nitrogens is 3. The Morgan fingerprint density at radius 3 is 2.61 bits per heavy atom. The van der Waals surface area contributed by atoms with Crippen LogP contribution >= 0.6 is 11.3 Å². The summed E-state index contributed by atoms with van der Waals surface area (Å²) >= 11 is 1.32. The van der Waals surface area contributed by atoms with E-state index in [1.54, 1.807) is 34.8 Å². The van der Waals surface area contributed by atoms with E-state index in [4.69, 9.17) is 0 Å². The minimum absolute atomic E-state index is 0.189. The van der Waals surface area contributed by atoms with Crippen LogP contribution in [0, 0.1) is 6.92 Å². The second kappa shape index (κ2) is 6.83. The first-order valence-corrected chi connectivity index (χ1v) is 9.18. The highest BCUT2D eigenvalue weighted by molar-refractivity contribution is 7.21. The van der Waals surface area contributed by atoms with Crippen molar-refractivity contribution < 1.29 is 18.3 Å². The summed E-state index contributed by atoms with van der Waals surface area (Å²) in [4.78, 5) is 5.36. The van der Waals surface area contributed by atoms with E-state index >= 15 is 0 Å². The molecule has 2 heterocycles. The van der Waals surface area contributed by atoms with E-state index < -0.39 is 11.7 Å². The molecule has 0 atom stereocenters. The molecule has 0 spiro atoms. The highest BCUT2D eigenvalue weighted by atomic mass is 32.1. The molecule has 144 valence electrons. The summed E-state index contributed by atoms with van der Waals surface area (Å²) in [5, 5.41) is 17.3. The minimum atomic E-state index is -4.40. The van der Waals surface area contributed by atoms with Crippen LogP contribution in [-0.2, 0) is 12.6 Å². The van der Waals surface area contributed by atoms with Crippen molar-refractivity contribution >= 4 is 27.0 Å². The maximum absolute atomic E-state index is 12.9. The molecule has 4 aromatic rings. The number of phenolic OH excluding ortho intramolecular Hbond substituents is 1. The topological polar surface area (TPSA) is 62.5 Å². The number of hydrogen-bond donors (Lipinski definition) is 2. The lowest BCUT2D eigenvalue weighted by atomic mass is 10.1. The minimum Gasteiger partial charge on any atom is -0.508 e. The van der Waals surface area contributed by atoms with Crippen molar-refractivity contribution in [1.29, 1.82) is 0 Å². The van der Waals surface area contributed by atoms with Crippen LogP contribution in [0.5, 0.6) is 5.75 Å². The summed E-state index contributed by atoms with van der Waals surface area (Å²) in [6, 6.07) is 11.8. The van der Waals surface area contributed by atoms with Gasteiger partial charge in [0.05, 0.1) is 11.3 Å². The van der Waals surface area contributed by atoms with Gasteiger partial charge in [0.1, 0.15) is 16.4 Å². The Hall–Kier alpha value is -3.07. The largest absolute Gasteiger partial charge is 0.508 e. The van der Waals surface area contributed by atoms with E-state index in [9.17, 15) is 18.3 Å². The standard InChI is InChI=1S/C19H15F3N4OS/c1-11-17-26(16(23-11)9-12-5-7-15(27)8-6-12)25-18(28-17)24-14-4-2-3-13(10-14)19(20,21)22/h2-8,10,27H,9H2,1H3,(H,24,25).